The van der Waals surface area contributed by atoms with Crippen LogP contribution in [-0.4, -0.2) is 54.9 Å². The zero-order valence-corrected chi connectivity index (χ0v) is 17.0. The third-order valence-electron chi connectivity index (χ3n) is 4.18. The average Bonchev–Trinajstić information content (AvgIpc) is 2.92. The number of thiazole rings is 1. The number of nitrogens with one attached hydrogen (secondary N) is 1. The molecule has 0 spiro atoms. The smallest absolute Gasteiger partial charge is 0.194 e. The highest BCUT2D eigenvalue weighted by atomic mass is 32.2. The predicted octanol–water partition coefficient (Wildman–Crippen LogP) is 2.03. The van der Waals surface area contributed by atoms with Gasteiger partial charge in [-0.3, -0.25) is 4.99 Å². The lowest BCUT2D eigenvalue weighted by Crippen LogP contribution is -2.57. The molecule has 0 unspecified atom stereocenters. The maximum atomic E-state index is 12.1. The zero-order valence-electron chi connectivity index (χ0n) is 15.4. The summed E-state index contributed by atoms with van der Waals surface area (Å²) >= 11 is 1.67. The summed E-state index contributed by atoms with van der Waals surface area (Å²) in [5.74, 6) is 0.884. The number of aromatic nitrogens is 1. The fraction of sp³-hybridized carbons (Fsp3) is 0.750. The molecule has 1 saturated heterocycles. The quantitative estimate of drug-likeness (QED) is 0.635. The first-order valence-electron chi connectivity index (χ1n) is 8.09. The summed E-state index contributed by atoms with van der Waals surface area (Å²) in [5.41, 5.74) is 1.03. The summed E-state index contributed by atoms with van der Waals surface area (Å²) in [6.45, 7) is 11.5. The third kappa shape index (κ3) is 4.08. The van der Waals surface area contributed by atoms with Gasteiger partial charge in [0.25, 0.3) is 0 Å². The number of guanidine groups is 1. The number of nitrogens with zero attached hydrogens (tertiary/aromatic N) is 3. The van der Waals surface area contributed by atoms with Crippen LogP contribution in [0.25, 0.3) is 0 Å². The fourth-order valence-corrected chi connectivity index (χ4v) is 4.83. The monoisotopic (exact) mass is 372 g/mol. The van der Waals surface area contributed by atoms with Crippen LogP contribution in [0.3, 0.4) is 0 Å². The Bertz CT molecular complexity index is 715. The first-order chi connectivity index (χ1) is 11.0. The second kappa shape index (κ2) is 6.63. The molecule has 1 aromatic rings. The summed E-state index contributed by atoms with van der Waals surface area (Å²) in [4.78, 5) is 11.0. The van der Waals surface area contributed by atoms with E-state index in [0.29, 0.717) is 19.6 Å². The summed E-state index contributed by atoms with van der Waals surface area (Å²) in [6.07, 6.45) is 0. The van der Waals surface area contributed by atoms with Gasteiger partial charge in [0.15, 0.2) is 15.8 Å². The number of aliphatic imine (C=N–C) groups is 1. The van der Waals surface area contributed by atoms with Gasteiger partial charge >= 0.3 is 0 Å². The van der Waals surface area contributed by atoms with E-state index in [0.717, 1.165) is 16.7 Å². The van der Waals surface area contributed by atoms with Crippen molar-refractivity contribution in [3.8, 4) is 0 Å². The van der Waals surface area contributed by atoms with Crippen LogP contribution in [-0.2, 0) is 21.8 Å². The molecule has 1 aliphatic heterocycles. The van der Waals surface area contributed by atoms with Crippen molar-refractivity contribution in [1.82, 2.24) is 15.2 Å². The Hall–Kier alpha value is -1.15. The molecular formula is C16H28N4O2S2. The molecule has 24 heavy (non-hydrogen) atoms. The maximum absolute atomic E-state index is 12.1. The van der Waals surface area contributed by atoms with Crippen molar-refractivity contribution < 1.29 is 8.42 Å². The van der Waals surface area contributed by atoms with E-state index in [1.54, 1.807) is 32.2 Å². The van der Waals surface area contributed by atoms with Gasteiger partial charge in [0.1, 0.15) is 0 Å². The minimum absolute atomic E-state index is 0.0514. The van der Waals surface area contributed by atoms with Crippen molar-refractivity contribution in [1.29, 1.82) is 0 Å². The largest absolute Gasteiger partial charge is 0.351 e. The number of hydrogen-bond donors (Lipinski definition) is 1. The van der Waals surface area contributed by atoms with Crippen molar-refractivity contribution in [2.45, 2.75) is 51.3 Å². The van der Waals surface area contributed by atoms with Gasteiger partial charge in [-0.25, -0.2) is 13.4 Å². The van der Waals surface area contributed by atoms with E-state index in [4.69, 9.17) is 0 Å². The van der Waals surface area contributed by atoms with E-state index in [1.807, 2.05) is 4.90 Å². The molecule has 1 aromatic heterocycles. The molecule has 0 atom stereocenters. The van der Waals surface area contributed by atoms with E-state index in [2.05, 4.69) is 41.4 Å². The molecule has 0 aliphatic carbocycles. The molecule has 1 N–H and O–H groups in total. The topological polar surface area (TPSA) is 74.7 Å². The standard InChI is InChI=1S/C16H28N4O2S2/c1-15(2,3)13-19-12(10-23-13)9-18-14(17-6)20-7-8-24(21,22)16(4,5)11-20/h10H,7-9,11H2,1-6H3,(H,17,18). The van der Waals surface area contributed by atoms with Crippen LogP contribution < -0.4 is 5.32 Å². The average molecular weight is 373 g/mol. The van der Waals surface area contributed by atoms with Gasteiger partial charge in [0.05, 0.1) is 27.7 Å². The first kappa shape index (κ1) is 19.2. The zero-order chi connectivity index (χ0) is 18.2. The van der Waals surface area contributed by atoms with Crippen LogP contribution >= 0.6 is 11.3 Å². The molecule has 0 aromatic carbocycles. The second-order valence-electron chi connectivity index (χ2n) is 7.79. The molecular weight excluding hydrogens is 344 g/mol. The molecule has 0 amide bonds. The summed E-state index contributed by atoms with van der Waals surface area (Å²) in [5, 5.41) is 6.48. The number of rotatable bonds is 2. The van der Waals surface area contributed by atoms with Gasteiger partial charge in [0.2, 0.25) is 0 Å². The minimum atomic E-state index is -3.05. The SMILES string of the molecule is CN=C(NCc1csc(C(C)(C)C)n1)N1CCS(=O)(=O)C(C)(C)C1. The molecule has 2 rings (SSSR count). The van der Waals surface area contributed by atoms with E-state index in [1.165, 1.54) is 0 Å². The van der Waals surface area contributed by atoms with Crippen LogP contribution in [0.4, 0.5) is 0 Å². The van der Waals surface area contributed by atoms with Gasteiger partial charge in [0, 0.05) is 30.9 Å². The molecule has 0 radical (unpaired) electrons. The van der Waals surface area contributed by atoms with E-state index in [-0.39, 0.29) is 11.2 Å². The molecule has 0 bridgehead atoms. The normalized spacial score (nSPS) is 20.9. The highest BCUT2D eigenvalue weighted by Crippen LogP contribution is 2.26. The van der Waals surface area contributed by atoms with Gasteiger partial charge in [-0.1, -0.05) is 20.8 Å². The Morgan fingerprint density at radius 3 is 2.62 bits per heavy atom. The molecule has 6 nitrogen and oxygen atoms in total. The van der Waals surface area contributed by atoms with Crippen LogP contribution in [0.1, 0.15) is 45.3 Å². The van der Waals surface area contributed by atoms with Crippen molar-refractivity contribution in [2.75, 3.05) is 25.9 Å². The van der Waals surface area contributed by atoms with Crippen molar-refractivity contribution in [3.63, 3.8) is 0 Å². The molecule has 2 heterocycles. The van der Waals surface area contributed by atoms with Crippen molar-refractivity contribution >= 4 is 27.1 Å². The number of sulfone groups is 1. The first-order valence-corrected chi connectivity index (χ1v) is 10.6. The van der Waals surface area contributed by atoms with Gasteiger partial charge < -0.3 is 10.2 Å². The highest BCUT2D eigenvalue weighted by molar-refractivity contribution is 7.92. The molecule has 1 fully saturated rings. The molecule has 136 valence electrons. The van der Waals surface area contributed by atoms with Crippen LogP contribution in [0.5, 0.6) is 0 Å². The van der Waals surface area contributed by atoms with Crippen LogP contribution in [0.2, 0.25) is 0 Å². The summed E-state index contributed by atoms with van der Waals surface area (Å²) in [7, 11) is -1.33. The number of hydrogen-bond acceptors (Lipinski definition) is 5. The summed E-state index contributed by atoms with van der Waals surface area (Å²) in [6, 6.07) is 0. The third-order valence-corrected chi connectivity index (χ3v) is 8.03. The van der Waals surface area contributed by atoms with Gasteiger partial charge in [-0.2, -0.15) is 0 Å². The molecule has 1 aliphatic rings. The highest BCUT2D eigenvalue weighted by Gasteiger charge is 2.40. The Morgan fingerprint density at radius 1 is 1.46 bits per heavy atom. The lowest BCUT2D eigenvalue weighted by atomic mass is 9.98. The van der Waals surface area contributed by atoms with Gasteiger partial charge in [-0.15, -0.1) is 11.3 Å². The predicted molar refractivity (Wildman–Crippen MR) is 100 cm³/mol. The lowest BCUT2D eigenvalue weighted by molar-refractivity contribution is 0.353. The Labute approximate surface area is 149 Å². The van der Waals surface area contributed by atoms with Gasteiger partial charge in [-0.05, 0) is 13.8 Å². The fourth-order valence-electron chi connectivity index (χ4n) is 2.56. The Balaban J connectivity index is 2.02. The maximum Gasteiger partial charge on any atom is 0.194 e. The van der Waals surface area contributed by atoms with E-state index < -0.39 is 14.6 Å². The van der Waals surface area contributed by atoms with Crippen LogP contribution in [0.15, 0.2) is 10.4 Å². The second-order valence-corrected chi connectivity index (χ2v) is 11.4. The summed E-state index contributed by atoms with van der Waals surface area (Å²) < 4.78 is 23.5. The molecule has 0 saturated carbocycles. The Kier molecular flexibility index (Phi) is 5.30. The minimum Gasteiger partial charge on any atom is -0.351 e. The van der Waals surface area contributed by atoms with Crippen molar-refractivity contribution in [3.05, 3.63) is 16.1 Å². The van der Waals surface area contributed by atoms with E-state index >= 15 is 0 Å². The van der Waals surface area contributed by atoms with Crippen LogP contribution in [0, 0.1) is 0 Å². The van der Waals surface area contributed by atoms with Crippen molar-refractivity contribution in [2.24, 2.45) is 4.99 Å². The lowest BCUT2D eigenvalue weighted by Gasteiger charge is -2.39. The Morgan fingerprint density at radius 2 is 2.12 bits per heavy atom. The molecule has 8 heteroatoms. The van der Waals surface area contributed by atoms with E-state index in [9.17, 15) is 8.42 Å².